The Morgan fingerprint density at radius 1 is 1.10 bits per heavy atom. The van der Waals surface area contributed by atoms with Crippen LogP contribution in [0.4, 0.5) is 0 Å². The van der Waals surface area contributed by atoms with E-state index in [1.165, 1.54) is 7.11 Å². The molecule has 0 bridgehead atoms. The summed E-state index contributed by atoms with van der Waals surface area (Å²) in [5.74, 6) is -0.607. The molecule has 2 saturated carbocycles. The van der Waals surface area contributed by atoms with Gasteiger partial charge in [-0.25, -0.2) is 0 Å². The number of allylic oxidation sites excluding steroid dienone is 3. The summed E-state index contributed by atoms with van der Waals surface area (Å²) in [5, 5.41) is 22.0. The molecule has 4 aliphatic carbocycles. The predicted molar refractivity (Wildman–Crippen MR) is 118 cm³/mol. The average Bonchev–Trinajstić information content (AvgIpc) is 2.86. The van der Waals surface area contributed by atoms with Crippen LogP contribution in [0.3, 0.4) is 0 Å². The quantitative estimate of drug-likeness (QED) is 0.356. The number of carbonyl (C=O) groups is 2. The van der Waals surface area contributed by atoms with Crippen molar-refractivity contribution in [3.05, 3.63) is 23.0 Å². The van der Waals surface area contributed by atoms with Crippen LogP contribution >= 0.6 is 0 Å². The van der Waals surface area contributed by atoms with Gasteiger partial charge in [0.1, 0.15) is 5.76 Å². The second kappa shape index (κ2) is 6.24. The summed E-state index contributed by atoms with van der Waals surface area (Å²) in [6, 6.07) is 0. The Morgan fingerprint density at radius 3 is 2.29 bits per heavy atom. The minimum Gasteiger partial charge on any atom is -0.511 e. The highest BCUT2D eigenvalue weighted by Crippen LogP contribution is 2.77. The van der Waals surface area contributed by atoms with Crippen molar-refractivity contribution < 1.29 is 24.5 Å². The summed E-state index contributed by atoms with van der Waals surface area (Å²) in [4.78, 5) is 27.6. The normalized spacial score (nSPS) is 48.5. The molecule has 0 heterocycles. The van der Waals surface area contributed by atoms with Crippen LogP contribution in [-0.4, -0.2) is 35.2 Å². The number of rotatable bonds is 1. The van der Waals surface area contributed by atoms with Crippen molar-refractivity contribution in [2.75, 3.05) is 7.11 Å². The third kappa shape index (κ3) is 2.13. The zero-order valence-corrected chi connectivity index (χ0v) is 20.3. The molecule has 4 rings (SSSR count). The highest BCUT2D eigenvalue weighted by molar-refractivity contribution is 6.17. The van der Waals surface area contributed by atoms with E-state index in [9.17, 15) is 19.8 Å². The molecule has 2 N–H and O–H groups in total. The molecule has 0 aliphatic heterocycles. The van der Waals surface area contributed by atoms with Crippen LogP contribution in [0.1, 0.15) is 74.1 Å². The number of hydrogen-bond acceptors (Lipinski definition) is 5. The number of esters is 1. The number of methoxy groups -OCH3 is 1. The van der Waals surface area contributed by atoms with Gasteiger partial charge < -0.3 is 14.9 Å². The van der Waals surface area contributed by atoms with Crippen molar-refractivity contribution in [1.82, 2.24) is 0 Å². The van der Waals surface area contributed by atoms with Crippen LogP contribution in [0.2, 0.25) is 0 Å². The fourth-order valence-electron chi connectivity index (χ4n) is 8.85. The number of ether oxygens (including phenoxy) is 1. The highest BCUT2D eigenvalue weighted by atomic mass is 16.5. The zero-order chi connectivity index (χ0) is 23.4. The van der Waals surface area contributed by atoms with Crippen LogP contribution in [0.25, 0.3) is 0 Å². The summed E-state index contributed by atoms with van der Waals surface area (Å²) in [6.45, 7) is 14.1. The maximum atomic E-state index is 13.9. The Morgan fingerprint density at radius 2 is 1.71 bits per heavy atom. The fourth-order valence-corrected chi connectivity index (χ4v) is 8.85. The molecule has 7 atom stereocenters. The lowest BCUT2D eigenvalue weighted by Crippen LogP contribution is -2.69. The Bertz CT molecular complexity index is 928. The fraction of sp³-hybridized carbons (Fsp3) is 0.769. The van der Waals surface area contributed by atoms with Gasteiger partial charge >= 0.3 is 5.97 Å². The van der Waals surface area contributed by atoms with Gasteiger partial charge in [0, 0.05) is 5.57 Å². The number of hydrogen-bond donors (Lipinski definition) is 2. The number of ketones is 1. The van der Waals surface area contributed by atoms with E-state index < -0.39 is 22.2 Å². The van der Waals surface area contributed by atoms with Gasteiger partial charge in [0.05, 0.1) is 18.6 Å². The number of fused-ring (bicyclic) bond motifs is 5. The molecule has 0 radical (unpaired) electrons. The van der Waals surface area contributed by atoms with Crippen LogP contribution in [0, 0.1) is 38.9 Å². The van der Waals surface area contributed by atoms with Crippen LogP contribution < -0.4 is 0 Å². The Balaban J connectivity index is 2.03. The van der Waals surface area contributed by atoms with E-state index in [0.717, 1.165) is 18.4 Å². The molecule has 31 heavy (non-hydrogen) atoms. The van der Waals surface area contributed by atoms with Gasteiger partial charge in [-0.15, -0.1) is 0 Å². The SMILES string of the molecule is COC(=O)[C@@]12C(=O)C(C)=C(O)[C@]1(C)C(C)=C[C@H]1[C@]3(C)CC[C@@H](O)C(C)(C)[C@H]3CC[C@@]12C. The molecule has 0 aromatic rings. The van der Waals surface area contributed by atoms with Crippen LogP contribution in [-0.2, 0) is 14.3 Å². The van der Waals surface area contributed by atoms with Gasteiger partial charge in [0.2, 0.25) is 0 Å². The van der Waals surface area contributed by atoms with Crippen molar-refractivity contribution in [3.63, 3.8) is 0 Å². The number of Topliss-reactive ketones (excluding diaryl/α,β-unsaturated/α-hetero) is 1. The maximum Gasteiger partial charge on any atom is 0.321 e. The van der Waals surface area contributed by atoms with E-state index in [0.29, 0.717) is 12.8 Å². The predicted octanol–water partition coefficient (Wildman–Crippen LogP) is 4.75. The molecule has 0 amide bonds. The van der Waals surface area contributed by atoms with Crippen molar-refractivity contribution in [1.29, 1.82) is 0 Å². The lowest BCUT2D eigenvalue weighted by Gasteiger charge is -2.68. The van der Waals surface area contributed by atoms with Crippen molar-refractivity contribution in [3.8, 4) is 0 Å². The molecule has 0 aromatic heterocycles. The van der Waals surface area contributed by atoms with Gasteiger partial charge in [0.25, 0.3) is 0 Å². The summed E-state index contributed by atoms with van der Waals surface area (Å²) in [5.41, 5.74) is -2.60. The third-order valence-electron chi connectivity index (χ3n) is 10.7. The molecule has 0 aromatic carbocycles. The lowest BCUT2D eigenvalue weighted by molar-refractivity contribution is -0.214. The van der Waals surface area contributed by atoms with E-state index in [1.54, 1.807) is 6.92 Å². The van der Waals surface area contributed by atoms with Crippen LogP contribution in [0.5, 0.6) is 0 Å². The molecular weight excluding hydrogens is 392 g/mol. The molecule has 2 fully saturated rings. The highest BCUT2D eigenvalue weighted by Gasteiger charge is 2.80. The second-order valence-electron chi connectivity index (χ2n) is 11.9. The number of carbonyl (C=O) groups excluding carboxylic acids is 2. The van der Waals surface area contributed by atoms with Crippen molar-refractivity contribution in [2.45, 2.75) is 80.3 Å². The molecule has 0 spiro atoms. The number of aliphatic hydroxyl groups is 2. The third-order valence-corrected chi connectivity index (χ3v) is 10.7. The molecular formula is C26H38O5. The summed E-state index contributed by atoms with van der Waals surface area (Å²) < 4.78 is 5.35. The molecule has 4 aliphatic rings. The molecule has 5 heteroatoms. The smallest absolute Gasteiger partial charge is 0.321 e. The first-order valence-corrected chi connectivity index (χ1v) is 11.6. The van der Waals surface area contributed by atoms with Gasteiger partial charge in [-0.1, -0.05) is 39.3 Å². The number of aliphatic hydroxyl groups excluding tert-OH is 2. The van der Waals surface area contributed by atoms with Crippen molar-refractivity contribution in [2.24, 2.45) is 38.9 Å². The minimum atomic E-state index is -1.49. The maximum absolute atomic E-state index is 13.9. The average molecular weight is 431 g/mol. The topological polar surface area (TPSA) is 83.8 Å². The Hall–Kier alpha value is -1.62. The summed E-state index contributed by atoms with van der Waals surface area (Å²) >= 11 is 0. The standard InChI is InChI=1S/C26H38O5/c1-14-13-17-23(5)11-10-18(27)22(3,4)16(23)9-12-24(17,6)26(21(30)31-8)20(29)15(2)19(28)25(14,26)7/h13,16-18,27-28H,9-12H2,1-8H3/t16-,17+,18-,23-,24+,25+,26-/m1/s1. The Labute approximate surface area is 185 Å². The van der Waals surface area contributed by atoms with Gasteiger partial charge in [0.15, 0.2) is 11.2 Å². The lowest BCUT2D eigenvalue weighted by atomic mass is 9.33. The largest absolute Gasteiger partial charge is 0.511 e. The Kier molecular flexibility index (Phi) is 4.54. The van der Waals surface area contributed by atoms with Crippen LogP contribution in [0.15, 0.2) is 23.0 Å². The van der Waals surface area contributed by atoms with Gasteiger partial charge in [-0.3, -0.25) is 9.59 Å². The second-order valence-corrected chi connectivity index (χ2v) is 11.9. The molecule has 172 valence electrons. The van der Waals surface area contributed by atoms with Gasteiger partial charge in [-0.2, -0.15) is 0 Å². The van der Waals surface area contributed by atoms with Crippen molar-refractivity contribution >= 4 is 11.8 Å². The van der Waals surface area contributed by atoms with E-state index in [1.807, 2.05) is 13.8 Å². The first-order chi connectivity index (χ1) is 14.2. The van der Waals surface area contributed by atoms with E-state index in [2.05, 4.69) is 33.8 Å². The zero-order valence-electron chi connectivity index (χ0n) is 20.3. The van der Waals surface area contributed by atoms with Gasteiger partial charge in [-0.05, 0) is 74.5 Å². The first-order valence-electron chi connectivity index (χ1n) is 11.6. The summed E-state index contributed by atoms with van der Waals surface area (Å²) in [7, 11) is 1.34. The minimum absolute atomic E-state index is 0.00278. The summed E-state index contributed by atoms with van der Waals surface area (Å²) in [6.07, 6.45) is 4.91. The van der Waals surface area contributed by atoms with E-state index in [4.69, 9.17) is 4.74 Å². The first kappa shape index (κ1) is 22.6. The van der Waals surface area contributed by atoms with E-state index in [-0.39, 0.29) is 45.9 Å². The monoisotopic (exact) mass is 430 g/mol. The van der Waals surface area contributed by atoms with E-state index >= 15 is 0 Å². The molecule has 5 nitrogen and oxygen atoms in total. The molecule has 0 saturated heterocycles. The molecule has 0 unspecified atom stereocenters.